The molecule has 0 aliphatic carbocycles. The number of hydrogen-bond acceptors (Lipinski definition) is 7. The molecule has 2 aromatic heterocycles. The largest absolute Gasteiger partial charge is 0.465 e. The Labute approximate surface area is 143 Å². The van der Waals surface area contributed by atoms with E-state index in [0.29, 0.717) is 43.8 Å². The van der Waals surface area contributed by atoms with E-state index < -0.39 is 6.09 Å². The van der Waals surface area contributed by atoms with Crippen LogP contribution in [-0.2, 0) is 4.74 Å². The molecule has 132 valence electrons. The van der Waals surface area contributed by atoms with Gasteiger partial charge in [-0.3, -0.25) is 10.00 Å². The molecule has 0 spiro atoms. The monoisotopic (exact) mass is 345 g/mol. The molecule has 2 saturated heterocycles. The van der Waals surface area contributed by atoms with Gasteiger partial charge in [0.05, 0.1) is 18.8 Å². The smallest absolute Gasteiger partial charge is 0.407 e. The van der Waals surface area contributed by atoms with Crippen LogP contribution >= 0.6 is 0 Å². The number of nitrogens with one attached hydrogen (secondary N) is 2. The number of fused-ring (bicyclic) bond motifs is 1. The van der Waals surface area contributed by atoms with Gasteiger partial charge in [0, 0.05) is 43.7 Å². The molecule has 0 radical (unpaired) electrons. The van der Waals surface area contributed by atoms with Gasteiger partial charge in [-0.2, -0.15) is 10.1 Å². The van der Waals surface area contributed by atoms with E-state index in [2.05, 4.69) is 25.5 Å². The third-order valence-corrected chi connectivity index (χ3v) is 4.43. The van der Waals surface area contributed by atoms with E-state index in [1.807, 2.05) is 17.9 Å². The van der Waals surface area contributed by atoms with Gasteiger partial charge in [0.15, 0.2) is 5.82 Å². The van der Waals surface area contributed by atoms with Crippen LogP contribution in [0.2, 0.25) is 0 Å². The molecular weight excluding hydrogens is 326 g/mol. The van der Waals surface area contributed by atoms with Crippen LogP contribution in [0.25, 0.3) is 0 Å². The van der Waals surface area contributed by atoms with Crippen LogP contribution in [0.3, 0.4) is 0 Å². The predicted molar refractivity (Wildman–Crippen MR) is 89.1 cm³/mol. The van der Waals surface area contributed by atoms with Crippen molar-refractivity contribution in [1.82, 2.24) is 25.1 Å². The Bertz CT molecular complexity index is 766. The number of aromatic amines is 1. The SMILES string of the molecule is Cc1cc(Nc2cc[nH]n2)nc(N2C[C@@H]3[C@@H](C2)OCCN3C(=O)O)n1. The number of aryl methyl sites for hydroxylation is 1. The highest BCUT2D eigenvalue weighted by Gasteiger charge is 2.43. The summed E-state index contributed by atoms with van der Waals surface area (Å²) in [6.07, 6.45) is 0.656. The van der Waals surface area contributed by atoms with E-state index in [9.17, 15) is 9.90 Å². The molecule has 25 heavy (non-hydrogen) atoms. The first-order valence-corrected chi connectivity index (χ1v) is 8.09. The van der Waals surface area contributed by atoms with Gasteiger partial charge in [0.25, 0.3) is 0 Å². The van der Waals surface area contributed by atoms with Gasteiger partial charge in [0.2, 0.25) is 5.95 Å². The van der Waals surface area contributed by atoms with Crippen molar-refractivity contribution in [3.63, 3.8) is 0 Å². The lowest BCUT2D eigenvalue weighted by atomic mass is 10.1. The second-order valence-corrected chi connectivity index (χ2v) is 6.14. The minimum Gasteiger partial charge on any atom is -0.465 e. The lowest BCUT2D eigenvalue weighted by Gasteiger charge is -2.34. The molecule has 0 aromatic carbocycles. The number of nitrogens with zero attached hydrogens (tertiary/aromatic N) is 5. The molecule has 4 heterocycles. The number of carbonyl (C=O) groups is 1. The zero-order chi connectivity index (χ0) is 17.4. The van der Waals surface area contributed by atoms with E-state index in [1.165, 1.54) is 4.90 Å². The number of morpholine rings is 1. The summed E-state index contributed by atoms with van der Waals surface area (Å²) in [6.45, 7) is 3.79. The van der Waals surface area contributed by atoms with Crippen LogP contribution in [0.15, 0.2) is 18.3 Å². The average Bonchev–Trinajstić information content (AvgIpc) is 3.22. The molecule has 3 N–H and O–H groups in total. The summed E-state index contributed by atoms with van der Waals surface area (Å²) in [4.78, 5) is 23.9. The van der Waals surface area contributed by atoms with Crippen molar-refractivity contribution in [3.05, 3.63) is 24.0 Å². The summed E-state index contributed by atoms with van der Waals surface area (Å²) in [5, 5.41) is 19.3. The van der Waals surface area contributed by atoms with E-state index >= 15 is 0 Å². The van der Waals surface area contributed by atoms with Gasteiger partial charge in [0.1, 0.15) is 5.82 Å². The Morgan fingerprint density at radius 1 is 1.40 bits per heavy atom. The minimum absolute atomic E-state index is 0.156. The molecule has 2 aromatic rings. The van der Waals surface area contributed by atoms with Crippen LogP contribution in [0.4, 0.5) is 22.4 Å². The maximum atomic E-state index is 11.4. The van der Waals surface area contributed by atoms with Crippen LogP contribution in [0.1, 0.15) is 5.69 Å². The fourth-order valence-corrected chi connectivity index (χ4v) is 3.31. The topological polar surface area (TPSA) is 120 Å². The lowest BCUT2D eigenvalue weighted by Crippen LogP contribution is -2.52. The van der Waals surface area contributed by atoms with Gasteiger partial charge in [-0.1, -0.05) is 0 Å². The molecule has 2 aliphatic rings. The highest BCUT2D eigenvalue weighted by molar-refractivity contribution is 5.66. The molecule has 10 nitrogen and oxygen atoms in total. The second kappa shape index (κ2) is 6.20. The number of hydrogen-bond donors (Lipinski definition) is 3. The quantitative estimate of drug-likeness (QED) is 0.748. The summed E-state index contributed by atoms with van der Waals surface area (Å²) >= 11 is 0. The molecule has 10 heteroatoms. The van der Waals surface area contributed by atoms with E-state index in [0.717, 1.165) is 5.69 Å². The maximum Gasteiger partial charge on any atom is 0.407 e. The molecule has 0 bridgehead atoms. The maximum absolute atomic E-state index is 11.4. The van der Waals surface area contributed by atoms with Crippen molar-refractivity contribution in [1.29, 1.82) is 0 Å². The number of rotatable bonds is 3. The predicted octanol–water partition coefficient (Wildman–Crippen LogP) is 0.819. The van der Waals surface area contributed by atoms with Crippen LogP contribution < -0.4 is 10.2 Å². The Kier molecular flexibility index (Phi) is 3.88. The lowest BCUT2D eigenvalue weighted by molar-refractivity contribution is -0.0376. The first kappa shape index (κ1) is 15.6. The fraction of sp³-hybridized carbons (Fsp3) is 0.467. The average molecular weight is 345 g/mol. The Morgan fingerprint density at radius 3 is 3.04 bits per heavy atom. The highest BCUT2D eigenvalue weighted by Crippen LogP contribution is 2.27. The van der Waals surface area contributed by atoms with E-state index in [1.54, 1.807) is 12.3 Å². The number of amides is 1. The van der Waals surface area contributed by atoms with Gasteiger partial charge >= 0.3 is 6.09 Å². The molecule has 1 amide bonds. The Hall–Kier alpha value is -2.88. The van der Waals surface area contributed by atoms with Gasteiger partial charge < -0.3 is 20.1 Å². The first-order valence-electron chi connectivity index (χ1n) is 8.09. The highest BCUT2D eigenvalue weighted by atomic mass is 16.5. The van der Waals surface area contributed by atoms with Crippen molar-refractivity contribution in [3.8, 4) is 0 Å². The van der Waals surface area contributed by atoms with E-state index in [4.69, 9.17) is 4.74 Å². The minimum atomic E-state index is -0.911. The normalized spacial score (nSPS) is 22.8. The number of H-pyrrole nitrogens is 1. The first-order chi connectivity index (χ1) is 12.1. The molecule has 2 atom stereocenters. The number of carboxylic acid groups (broad SMARTS) is 1. The number of anilines is 3. The summed E-state index contributed by atoms with van der Waals surface area (Å²) in [5.74, 6) is 1.86. The Morgan fingerprint density at radius 2 is 2.28 bits per heavy atom. The van der Waals surface area contributed by atoms with E-state index in [-0.39, 0.29) is 12.1 Å². The molecule has 2 fully saturated rings. The third kappa shape index (κ3) is 3.07. The van der Waals surface area contributed by atoms with Crippen LogP contribution in [0, 0.1) is 6.92 Å². The summed E-state index contributed by atoms with van der Waals surface area (Å²) < 4.78 is 5.75. The van der Waals surface area contributed by atoms with Crippen molar-refractivity contribution < 1.29 is 14.6 Å². The van der Waals surface area contributed by atoms with Crippen molar-refractivity contribution in [2.24, 2.45) is 0 Å². The van der Waals surface area contributed by atoms with Crippen LogP contribution in [-0.4, -0.2) is 74.7 Å². The molecule has 0 unspecified atom stereocenters. The van der Waals surface area contributed by atoms with Gasteiger partial charge in [-0.25, -0.2) is 9.78 Å². The second-order valence-electron chi connectivity index (χ2n) is 6.14. The third-order valence-electron chi connectivity index (χ3n) is 4.43. The standard InChI is InChI=1S/C15H19N7O3/c1-9-6-13(18-12-2-3-16-20-12)19-14(17-9)21-7-10-11(8-21)25-5-4-22(10)15(23)24/h2-3,6,10-11H,4-5,7-8H2,1H3,(H,23,24)(H2,16,17,18,19,20)/t10-,11-/m1/s1. The van der Waals surface area contributed by atoms with Crippen molar-refractivity contribution in [2.75, 3.05) is 36.5 Å². The summed E-state index contributed by atoms with van der Waals surface area (Å²) in [7, 11) is 0. The Balaban J connectivity index is 1.56. The fourth-order valence-electron chi connectivity index (χ4n) is 3.31. The number of aromatic nitrogens is 4. The molecular formula is C15H19N7O3. The van der Waals surface area contributed by atoms with Crippen molar-refractivity contribution >= 4 is 23.7 Å². The van der Waals surface area contributed by atoms with Gasteiger partial charge in [-0.05, 0) is 6.92 Å². The molecule has 0 saturated carbocycles. The van der Waals surface area contributed by atoms with Crippen LogP contribution in [0.5, 0.6) is 0 Å². The number of ether oxygens (including phenoxy) is 1. The zero-order valence-corrected chi connectivity index (χ0v) is 13.7. The van der Waals surface area contributed by atoms with Gasteiger partial charge in [-0.15, -0.1) is 0 Å². The molecule has 2 aliphatic heterocycles. The molecule has 4 rings (SSSR count). The zero-order valence-electron chi connectivity index (χ0n) is 13.7. The van der Waals surface area contributed by atoms with Crippen molar-refractivity contribution in [2.45, 2.75) is 19.1 Å². The summed E-state index contributed by atoms with van der Waals surface area (Å²) in [5.41, 5.74) is 0.814. The summed E-state index contributed by atoms with van der Waals surface area (Å²) in [6, 6.07) is 3.44.